The van der Waals surface area contributed by atoms with Gasteiger partial charge in [0.25, 0.3) is 0 Å². The molecule has 3 aliphatic carbocycles. The molecule has 2 fully saturated rings. The Morgan fingerprint density at radius 2 is 2.00 bits per heavy atom. The van der Waals surface area contributed by atoms with Crippen molar-refractivity contribution in [3.63, 3.8) is 0 Å². The van der Waals surface area contributed by atoms with Gasteiger partial charge in [-0.1, -0.05) is 41.7 Å². The first-order chi connectivity index (χ1) is 9.57. The quantitative estimate of drug-likeness (QED) is 0.341. The molecule has 7 atom stereocenters. The number of nitrogens with one attached hydrogen (secondary N) is 1. The van der Waals surface area contributed by atoms with Crippen molar-refractivity contribution >= 4 is 22.6 Å². The molecule has 2 saturated carbocycles. The Kier molecular flexibility index (Phi) is 4.50. The minimum Gasteiger partial charge on any atom is -0.634 e. The van der Waals surface area contributed by atoms with Crippen LogP contribution in [0.1, 0.15) is 52.4 Å². The van der Waals surface area contributed by atoms with Crippen molar-refractivity contribution in [2.45, 2.75) is 61.8 Å². The monoisotopic (exact) mass is 389 g/mol. The van der Waals surface area contributed by atoms with E-state index >= 15 is 0 Å². The number of allylic oxidation sites excluding steroid dienone is 2. The third-order valence-electron chi connectivity index (χ3n) is 6.27. The van der Waals surface area contributed by atoms with Crippen LogP contribution in [0.25, 0.3) is 0 Å². The fraction of sp³-hybridized carbons (Fsp3) is 0.882. The van der Waals surface area contributed by atoms with Crippen LogP contribution >= 0.6 is 22.6 Å². The van der Waals surface area contributed by atoms with Gasteiger partial charge in [0.1, 0.15) is 0 Å². The maximum absolute atomic E-state index is 12.6. The number of halogens is 1. The molecule has 3 heteroatoms. The summed E-state index contributed by atoms with van der Waals surface area (Å²) < 4.78 is 0.326. The summed E-state index contributed by atoms with van der Waals surface area (Å²) in [7, 11) is 0. The third kappa shape index (κ3) is 2.38. The predicted molar refractivity (Wildman–Crippen MR) is 91.9 cm³/mol. The minimum absolute atomic E-state index is 0.326. The summed E-state index contributed by atoms with van der Waals surface area (Å²) in [4.78, 5) is 0. The van der Waals surface area contributed by atoms with Crippen LogP contribution in [-0.2, 0) is 0 Å². The standard InChI is InChI=1S/C17H28INO/c1-3-11-19(20)15-10-6-8-13-12-7-4-5-9-14(12)17(2,18)16(13)15/h4-5,12-16,19H,3,6-11H2,1-2H3. The van der Waals surface area contributed by atoms with Gasteiger partial charge in [0.15, 0.2) is 0 Å². The van der Waals surface area contributed by atoms with Crippen LogP contribution in [0.5, 0.6) is 0 Å². The van der Waals surface area contributed by atoms with Gasteiger partial charge in [-0.15, -0.1) is 0 Å². The third-order valence-corrected chi connectivity index (χ3v) is 7.78. The van der Waals surface area contributed by atoms with Gasteiger partial charge in [0.05, 0.1) is 12.6 Å². The molecule has 114 valence electrons. The van der Waals surface area contributed by atoms with Crippen LogP contribution in [0, 0.1) is 28.9 Å². The van der Waals surface area contributed by atoms with E-state index in [0.717, 1.165) is 37.1 Å². The number of hydrogen-bond donors (Lipinski definition) is 1. The SMILES string of the molecule is CCC[NH+]([O-])C1CCCC2C3CC=CCC3C(C)(I)C21. The molecule has 0 aromatic rings. The van der Waals surface area contributed by atoms with Gasteiger partial charge in [-0.25, -0.2) is 0 Å². The molecule has 20 heavy (non-hydrogen) atoms. The van der Waals surface area contributed by atoms with Crippen molar-refractivity contribution in [2.75, 3.05) is 6.54 Å². The smallest absolute Gasteiger partial charge is 0.0916 e. The van der Waals surface area contributed by atoms with Gasteiger partial charge in [0.2, 0.25) is 0 Å². The van der Waals surface area contributed by atoms with Gasteiger partial charge in [-0.2, -0.15) is 0 Å². The van der Waals surface area contributed by atoms with E-state index < -0.39 is 0 Å². The maximum atomic E-state index is 12.6. The van der Waals surface area contributed by atoms with Crippen molar-refractivity contribution in [3.8, 4) is 0 Å². The van der Waals surface area contributed by atoms with Crippen molar-refractivity contribution in [1.29, 1.82) is 0 Å². The first-order valence-electron chi connectivity index (χ1n) is 8.44. The molecule has 0 aromatic carbocycles. The first-order valence-corrected chi connectivity index (χ1v) is 9.51. The number of hydroxylamine groups is 2. The highest BCUT2D eigenvalue weighted by Crippen LogP contribution is 2.61. The molecule has 0 aromatic heterocycles. The van der Waals surface area contributed by atoms with E-state index in [9.17, 15) is 5.21 Å². The van der Waals surface area contributed by atoms with Crippen molar-refractivity contribution < 1.29 is 5.06 Å². The highest BCUT2D eigenvalue weighted by molar-refractivity contribution is 14.1. The lowest BCUT2D eigenvalue weighted by atomic mass is 9.72. The van der Waals surface area contributed by atoms with Crippen LogP contribution in [0.3, 0.4) is 0 Å². The second kappa shape index (κ2) is 5.88. The molecule has 0 saturated heterocycles. The van der Waals surface area contributed by atoms with E-state index in [1.165, 1.54) is 25.7 Å². The van der Waals surface area contributed by atoms with E-state index in [0.29, 0.717) is 20.4 Å². The second-order valence-electron chi connectivity index (χ2n) is 7.31. The Morgan fingerprint density at radius 1 is 1.25 bits per heavy atom. The molecule has 1 N–H and O–H groups in total. The topological polar surface area (TPSA) is 27.5 Å². The molecular formula is C17H28INO. The normalized spacial score (nSPS) is 48.7. The van der Waals surface area contributed by atoms with E-state index in [4.69, 9.17) is 0 Å². The number of rotatable bonds is 3. The maximum Gasteiger partial charge on any atom is 0.0916 e. The highest BCUT2D eigenvalue weighted by atomic mass is 127. The molecule has 3 aliphatic rings. The van der Waals surface area contributed by atoms with Crippen LogP contribution in [0.2, 0.25) is 0 Å². The number of hydrogen-bond acceptors (Lipinski definition) is 1. The summed E-state index contributed by atoms with van der Waals surface area (Å²) in [5.41, 5.74) is 0. The molecule has 0 amide bonds. The summed E-state index contributed by atoms with van der Waals surface area (Å²) >= 11 is 2.73. The lowest BCUT2D eigenvalue weighted by Gasteiger charge is -2.45. The fourth-order valence-corrected chi connectivity index (χ4v) is 7.13. The fourth-order valence-electron chi connectivity index (χ4n) is 5.52. The van der Waals surface area contributed by atoms with Crippen LogP contribution < -0.4 is 5.06 Å². The van der Waals surface area contributed by atoms with Gasteiger partial charge in [-0.3, -0.25) is 0 Å². The molecule has 0 bridgehead atoms. The average Bonchev–Trinajstić information content (AvgIpc) is 2.69. The van der Waals surface area contributed by atoms with Gasteiger partial charge >= 0.3 is 0 Å². The van der Waals surface area contributed by atoms with E-state index in [2.05, 4.69) is 48.6 Å². The zero-order chi connectivity index (χ0) is 14.3. The zero-order valence-corrected chi connectivity index (χ0v) is 14.9. The number of quaternary nitrogens is 1. The van der Waals surface area contributed by atoms with Crippen LogP contribution in [-0.4, -0.2) is 16.0 Å². The van der Waals surface area contributed by atoms with E-state index in [1.54, 1.807) is 0 Å². The summed E-state index contributed by atoms with van der Waals surface area (Å²) in [5.74, 6) is 3.11. The number of alkyl halides is 1. The Bertz CT molecular complexity index is 381. The summed E-state index contributed by atoms with van der Waals surface area (Å²) in [5, 5.41) is 13.2. The molecule has 2 nitrogen and oxygen atoms in total. The van der Waals surface area contributed by atoms with Gasteiger partial charge < -0.3 is 10.3 Å². The summed E-state index contributed by atoms with van der Waals surface area (Å²) in [6, 6.07) is 0.362. The largest absolute Gasteiger partial charge is 0.634 e. The predicted octanol–water partition coefficient (Wildman–Crippen LogP) is 3.35. The zero-order valence-electron chi connectivity index (χ0n) is 12.8. The molecule has 0 aliphatic heterocycles. The lowest BCUT2D eigenvalue weighted by Crippen LogP contribution is -3.12. The molecule has 7 unspecified atom stereocenters. The molecule has 3 rings (SSSR count). The summed E-state index contributed by atoms with van der Waals surface area (Å²) in [6.07, 6.45) is 12.1. The highest BCUT2D eigenvalue weighted by Gasteiger charge is 2.60. The van der Waals surface area contributed by atoms with Crippen molar-refractivity contribution in [2.24, 2.45) is 23.7 Å². The van der Waals surface area contributed by atoms with Crippen molar-refractivity contribution in [3.05, 3.63) is 17.4 Å². The van der Waals surface area contributed by atoms with Gasteiger partial charge in [-0.05, 0) is 63.2 Å². The molecular weight excluding hydrogens is 361 g/mol. The first kappa shape index (κ1) is 15.3. The Morgan fingerprint density at radius 3 is 2.75 bits per heavy atom. The second-order valence-corrected chi connectivity index (χ2v) is 9.63. The van der Waals surface area contributed by atoms with E-state index in [1.807, 2.05) is 0 Å². The Labute approximate surface area is 137 Å². The van der Waals surface area contributed by atoms with Crippen LogP contribution in [0.4, 0.5) is 0 Å². The average molecular weight is 389 g/mol. The minimum atomic E-state index is 0.326. The van der Waals surface area contributed by atoms with Gasteiger partial charge in [0, 0.05) is 9.34 Å². The van der Waals surface area contributed by atoms with Crippen molar-refractivity contribution in [1.82, 2.24) is 0 Å². The number of fused-ring (bicyclic) bond motifs is 3. The lowest BCUT2D eigenvalue weighted by molar-refractivity contribution is -0.882. The molecule has 0 spiro atoms. The Hall–Kier alpha value is 0.390. The van der Waals surface area contributed by atoms with E-state index in [-0.39, 0.29) is 0 Å². The molecule has 0 radical (unpaired) electrons. The molecule has 0 heterocycles. The Balaban J connectivity index is 1.88. The summed E-state index contributed by atoms with van der Waals surface area (Å²) in [6.45, 7) is 5.39. The van der Waals surface area contributed by atoms with Crippen LogP contribution in [0.15, 0.2) is 12.2 Å².